The molecular weight excluding hydrogens is 282 g/mol. The van der Waals surface area contributed by atoms with E-state index in [1.54, 1.807) is 48.5 Å². The van der Waals surface area contributed by atoms with E-state index in [1.165, 1.54) is 7.11 Å². The van der Waals surface area contributed by atoms with Crippen LogP contribution in [0.5, 0.6) is 5.75 Å². The first-order valence-electron chi connectivity index (χ1n) is 6.94. The second-order valence-electron chi connectivity index (χ2n) is 4.95. The molecule has 2 rings (SSSR count). The zero-order valence-corrected chi connectivity index (χ0v) is 12.3. The van der Waals surface area contributed by atoms with E-state index < -0.39 is 10.8 Å². The van der Waals surface area contributed by atoms with Gasteiger partial charge >= 0.3 is 0 Å². The van der Waals surface area contributed by atoms with Crippen LogP contribution in [0, 0.1) is 10.1 Å². The van der Waals surface area contributed by atoms with E-state index in [0.717, 1.165) is 0 Å². The molecule has 0 bridgehead atoms. The van der Waals surface area contributed by atoms with Crippen molar-refractivity contribution in [3.8, 4) is 5.75 Å². The standard InChI is InChI=1S/C17H17NO4/c1-22-17-10-6-5-9-15(17)14(12-18(20)21)11-16(19)13-7-3-2-4-8-13/h2-10,14H,11-12H2,1H3/t14-/m1/s1. The third-order valence-electron chi connectivity index (χ3n) is 3.48. The molecule has 114 valence electrons. The van der Waals surface area contributed by atoms with E-state index >= 15 is 0 Å². The average molecular weight is 299 g/mol. The molecule has 5 heteroatoms. The van der Waals surface area contributed by atoms with Gasteiger partial charge in [0.1, 0.15) is 5.75 Å². The summed E-state index contributed by atoms with van der Waals surface area (Å²) >= 11 is 0. The number of rotatable bonds is 7. The van der Waals surface area contributed by atoms with Gasteiger partial charge < -0.3 is 4.74 Å². The molecule has 1 atom stereocenters. The molecule has 0 aliphatic carbocycles. The van der Waals surface area contributed by atoms with Crippen LogP contribution >= 0.6 is 0 Å². The Morgan fingerprint density at radius 2 is 1.77 bits per heavy atom. The van der Waals surface area contributed by atoms with Crippen molar-refractivity contribution >= 4 is 5.78 Å². The summed E-state index contributed by atoms with van der Waals surface area (Å²) in [7, 11) is 1.51. The molecule has 0 radical (unpaired) electrons. The lowest BCUT2D eigenvalue weighted by atomic mass is 9.91. The predicted molar refractivity (Wildman–Crippen MR) is 83.0 cm³/mol. The zero-order chi connectivity index (χ0) is 15.9. The Morgan fingerprint density at radius 1 is 1.14 bits per heavy atom. The van der Waals surface area contributed by atoms with Gasteiger partial charge in [-0.2, -0.15) is 0 Å². The summed E-state index contributed by atoms with van der Waals surface area (Å²) in [4.78, 5) is 22.9. The van der Waals surface area contributed by atoms with Gasteiger partial charge in [0.25, 0.3) is 0 Å². The van der Waals surface area contributed by atoms with E-state index in [9.17, 15) is 14.9 Å². The molecule has 0 saturated carbocycles. The van der Waals surface area contributed by atoms with Crippen LogP contribution < -0.4 is 4.74 Å². The Labute approximate surface area is 128 Å². The molecule has 0 spiro atoms. The van der Waals surface area contributed by atoms with Gasteiger partial charge in [0.15, 0.2) is 5.78 Å². The molecule has 0 fully saturated rings. The number of Topliss-reactive ketones (excluding diaryl/α,β-unsaturated/α-hetero) is 1. The number of methoxy groups -OCH3 is 1. The maximum atomic E-state index is 12.3. The van der Waals surface area contributed by atoms with Crippen molar-refractivity contribution in [3.05, 3.63) is 75.8 Å². The Morgan fingerprint density at radius 3 is 2.41 bits per heavy atom. The summed E-state index contributed by atoms with van der Waals surface area (Å²) in [5.41, 5.74) is 1.25. The number of ketones is 1. The Balaban J connectivity index is 2.27. The quantitative estimate of drug-likeness (QED) is 0.447. The monoisotopic (exact) mass is 299 g/mol. The molecule has 0 saturated heterocycles. The fraction of sp³-hybridized carbons (Fsp3) is 0.235. The predicted octanol–water partition coefficient (Wildman–Crippen LogP) is 3.33. The fourth-order valence-electron chi connectivity index (χ4n) is 2.42. The van der Waals surface area contributed by atoms with E-state index in [2.05, 4.69) is 0 Å². The van der Waals surface area contributed by atoms with Crippen LogP contribution in [0.15, 0.2) is 54.6 Å². The molecule has 0 aromatic heterocycles. The summed E-state index contributed by atoms with van der Waals surface area (Å²) in [5.74, 6) is -0.0626. The van der Waals surface area contributed by atoms with Crippen molar-refractivity contribution in [2.45, 2.75) is 12.3 Å². The van der Waals surface area contributed by atoms with E-state index in [-0.39, 0.29) is 18.7 Å². The van der Waals surface area contributed by atoms with Crippen molar-refractivity contribution in [2.24, 2.45) is 0 Å². The normalized spacial score (nSPS) is 11.7. The van der Waals surface area contributed by atoms with Gasteiger partial charge in [-0.05, 0) is 6.07 Å². The number of hydrogen-bond donors (Lipinski definition) is 0. The summed E-state index contributed by atoms with van der Waals surface area (Å²) in [6.07, 6.45) is 0.0748. The molecule has 0 aliphatic rings. The molecule has 0 heterocycles. The minimum absolute atomic E-state index is 0.0748. The SMILES string of the molecule is COc1ccccc1[C@H](CC(=O)c1ccccc1)C[N+](=O)[O-]. The van der Waals surface area contributed by atoms with Crippen LogP contribution in [0.4, 0.5) is 0 Å². The summed E-state index contributed by atoms with van der Waals surface area (Å²) in [6, 6.07) is 15.9. The van der Waals surface area contributed by atoms with Crippen LogP contribution in [0.25, 0.3) is 0 Å². The fourth-order valence-corrected chi connectivity index (χ4v) is 2.42. The van der Waals surface area contributed by atoms with Crippen LogP contribution in [-0.2, 0) is 0 Å². The minimum atomic E-state index is -0.515. The molecule has 2 aromatic rings. The third-order valence-corrected chi connectivity index (χ3v) is 3.48. The van der Waals surface area contributed by atoms with Gasteiger partial charge in [-0.3, -0.25) is 14.9 Å². The van der Waals surface area contributed by atoms with Crippen molar-refractivity contribution in [2.75, 3.05) is 13.7 Å². The summed E-state index contributed by atoms with van der Waals surface area (Å²) < 4.78 is 5.26. The molecule has 2 aromatic carbocycles. The molecule has 0 N–H and O–H groups in total. The lowest BCUT2D eigenvalue weighted by molar-refractivity contribution is -0.483. The van der Waals surface area contributed by atoms with E-state index in [1.807, 2.05) is 6.07 Å². The van der Waals surface area contributed by atoms with Gasteiger partial charge in [-0.25, -0.2) is 0 Å². The van der Waals surface area contributed by atoms with Crippen LogP contribution in [0.1, 0.15) is 28.3 Å². The number of hydrogen-bond acceptors (Lipinski definition) is 4. The Kier molecular flexibility index (Phi) is 5.25. The summed E-state index contributed by atoms with van der Waals surface area (Å²) in [5, 5.41) is 11.0. The highest BCUT2D eigenvalue weighted by atomic mass is 16.6. The average Bonchev–Trinajstić information content (AvgIpc) is 2.54. The lowest BCUT2D eigenvalue weighted by Gasteiger charge is -2.16. The number of nitro groups is 1. The van der Waals surface area contributed by atoms with Gasteiger partial charge in [0.05, 0.1) is 13.0 Å². The number of nitrogens with zero attached hydrogens (tertiary/aromatic N) is 1. The molecule has 0 aliphatic heterocycles. The van der Waals surface area contributed by atoms with Crippen molar-refractivity contribution in [1.29, 1.82) is 0 Å². The zero-order valence-electron chi connectivity index (χ0n) is 12.3. The molecule has 5 nitrogen and oxygen atoms in total. The lowest BCUT2D eigenvalue weighted by Crippen LogP contribution is -2.17. The van der Waals surface area contributed by atoms with Gasteiger partial charge in [-0.15, -0.1) is 0 Å². The summed E-state index contributed by atoms with van der Waals surface area (Å²) in [6.45, 7) is -0.307. The smallest absolute Gasteiger partial charge is 0.211 e. The van der Waals surface area contributed by atoms with Crippen molar-refractivity contribution in [1.82, 2.24) is 0 Å². The highest BCUT2D eigenvalue weighted by Gasteiger charge is 2.24. The molecule has 0 unspecified atom stereocenters. The van der Waals surface area contributed by atoms with E-state index in [4.69, 9.17) is 4.74 Å². The first-order valence-corrected chi connectivity index (χ1v) is 6.94. The van der Waals surface area contributed by atoms with Crippen LogP contribution in [0.3, 0.4) is 0 Å². The second-order valence-corrected chi connectivity index (χ2v) is 4.95. The molecule has 0 amide bonds. The van der Waals surface area contributed by atoms with E-state index in [0.29, 0.717) is 16.9 Å². The van der Waals surface area contributed by atoms with Crippen molar-refractivity contribution in [3.63, 3.8) is 0 Å². The van der Waals surface area contributed by atoms with Crippen molar-refractivity contribution < 1.29 is 14.5 Å². The number of ether oxygens (including phenoxy) is 1. The highest BCUT2D eigenvalue weighted by Crippen LogP contribution is 2.30. The highest BCUT2D eigenvalue weighted by molar-refractivity contribution is 5.96. The number of carbonyl (C=O) groups is 1. The topological polar surface area (TPSA) is 69.4 Å². The number of benzene rings is 2. The van der Waals surface area contributed by atoms with Crippen LogP contribution in [0.2, 0.25) is 0 Å². The number of para-hydroxylation sites is 1. The van der Waals surface area contributed by atoms with Gasteiger partial charge in [0.2, 0.25) is 6.54 Å². The largest absolute Gasteiger partial charge is 0.496 e. The van der Waals surface area contributed by atoms with Gasteiger partial charge in [-0.1, -0.05) is 48.5 Å². The Hall–Kier alpha value is -2.69. The minimum Gasteiger partial charge on any atom is -0.496 e. The van der Waals surface area contributed by atoms with Crippen LogP contribution in [-0.4, -0.2) is 24.4 Å². The maximum absolute atomic E-state index is 12.3. The third kappa shape index (κ3) is 3.91. The first kappa shape index (κ1) is 15.7. The maximum Gasteiger partial charge on any atom is 0.211 e. The first-order chi connectivity index (χ1) is 10.6. The molecular formula is C17H17NO4. The Bertz CT molecular complexity index is 655. The van der Waals surface area contributed by atoms with Gasteiger partial charge in [0, 0.05) is 22.5 Å². The molecule has 22 heavy (non-hydrogen) atoms. The number of carbonyl (C=O) groups excluding carboxylic acids is 1. The second kappa shape index (κ2) is 7.36.